The van der Waals surface area contributed by atoms with Gasteiger partial charge in [0.05, 0.1) is 0 Å². The Morgan fingerprint density at radius 2 is 1.81 bits per heavy atom. The maximum atomic E-state index is 4.34. The molecule has 1 aliphatic rings. The predicted molar refractivity (Wildman–Crippen MR) is 65.2 cm³/mol. The highest BCUT2D eigenvalue weighted by molar-refractivity contribution is 5.26. The Bertz CT molecular complexity index is 374. The fraction of sp³-hybridized carbons (Fsp3) is 0.846. The summed E-state index contributed by atoms with van der Waals surface area (Å²) in [7, 11) is 0. The first-order valence-corrected chi connectivity index (χ1v) is 6.16. The van der Waals surface area contributed by atoms with E-state index in [0.29, 0.717) is 22.7 Å². The van der Waals surface area contributed by atoms with E-state index in [4.69, 9.17) is 0 Å². The molecule has 0 radical (unpaired) electrons. The molecule has 1 aliphatic carbocycles. The van der Waals surface area contributed by atoms with Crippen LogP contribution in [0, 0.1) is 16.7 Å². The van der Waals surface area contributed by atoms with Crippen LogP contribution in [0.25, 0.3) is 0 Å². The van der Waals surface area contributed by atoms with Crippen molar-refractivity contribution in [1.82, 2.24) is 14.8 Å². The SMILES string of the molecule is CC(C)Cn1cnnc1C1C(C)(C)C1(C)C. The van der Waals surface area contributed by atoms with Crippen LogP contribution in [0.1, 0.15) is 53.3 Å². The minimum Gasteiger partial charge on any atom is -0.317 e. The van der Waals surface area contributed by atoms with E-state index in [1.807, 2.05) is 6.33 Å². The molecule has 1 fully saturated rings. The van der Waals surface area contributed by atoms with Crippen LogP contribution in [-0.4, -0.2) is 14.8 Å². The van der Waals surface area contributed by atoms with Crippen LogP contribution in [0.2, 0.25) is 0 Å². The van der Waals surface area contributed by atoms with E-state index in [1.54, 1.807) is 0 Å². The molecule has 0 N–H and O–H groups in total. The largest absolute Gasteiger partial charge is 0.317 e. The summed E-state index contributed by atoms with van der Waals surface area (Å²) in [5, 5.41) is 8.42. The van der Waals surface area contributed by atoms with Crippen LogP contribution in [0.5, 0.6) is 0 Å². The molecule has 0 aromatic carbocycles. The van der Waals surface area contributed by atoms with Gasteiger partial charge in [0.15, 0.2) is 0 Å². The van der Waals surface area contributed by atoms with E-state index in [-0.39, 0.29) is 0 Å². The van der Waals surface area contributed by atoms with Gasteiger partial charge in [0.2, 0.25) is 0 Å². The lowest BCUT2D eigenvalue weighted by Gasteiger charge is -2.09. The fourth-order valence-corrected chi connectivity index (χ4v) is 2.86. The van der Waals surface area contributed by atoms with E-state index in [9.17, 15) is 0 Å². The summed E-state index contributed by atoms with van der Waals surface area (Å²) >= 11 is 0. The topological polar surface area (TPSA) is 30.7 Å². The number of rotatable bonds is 3. The second kappa shape index (κ2) is 3.31. The average Bonchev–Trinajstić information content (AvgIpc) is 2.48. The van der Waals surface area contributed by atoms with Gasteiger partial charge in [-0.2, -0.15) is 0 Å². The van der Waals surface area contributed by atoms with Crippen molar-refractivity contribution < 1.29 is 0 Å². The maximum absolute atomic E-state index is 4.34. The first kappa shape index (κ1) is 11.6. The van der Waals surface area contributed by atoms with Crippen molar-refractivity contribution in [2.45, 2.75) is 54.0 Å². The molecule has 3 heteroatoms. The third kappa shape index (κ3) is 1.48. The highest BCUT2D eigenvalue weighted by Crippen LogP contribution is 2.73. The predicted octanol–water partition coefficient (Wildman–Crippen LogP) is 3.08. The van der Waals surface area contributed by atoms with Gasteiger partial charge in [-0.15, -0.1) is 10.2 Å². The summed E-state index contributed by atoms with van der Waals surface area (Å²) in [4.78, 5) is 0. The molecule has 0 aliphatic heterocycles. The fourth-order valence-electron chi connectivity index (χ4n) is 2.86. The van der Waals surface area contributed by atoms with Crippen LogP contribution >= 0.6 is 0 Å². The van der Waals surface area contributed by atoms with Gasteiger partial charge >= 0.3 is 0 Å². The van der Waals surface area contributed by atoms with Crippen LogP contribution in [0.15, 0.2) is 6.33 Å². The second-order valence-electron chi connectivity index (χ2n) is 6.61. The normalized spacial score (nSPS) is 22.7. The molecule has 3 nitrogen and oxygen atoms in total. The second-order valence-corrected chi connectivity index (χ2v) is 6.61. The minimum absolute atomic E-state index is 0.342. The third-order valence-corrected chi connectivity index (χ3v) is 4.49. The molecule has 0 bridgehead atoms. The summed E-state index contributed by atoms with van der Waals surface area (Å²) in [6, 6.07) is 0. The molecule has 1 saturated carbocycles. The summed E-state index contributed by atoms with van der Waals surface area (Å²) in [6.07, 6.45) is 1.87. The lowest BCUT2D eigenvalue weighted by Crippen LogP contribution is -2.08. The van der Waals surface area contributed by atoms with Gasteiger partial charge in [0.25, 0.3) is 0 Å². The smallest absolute Gasteiger partial charge is 0.137 e. The van der Waals surface area contributed by atoms with Crippen molar-refractivity contribution in [3.63, 3.8) is 0 Å². The molecular weight excluding hydrogens is 198 g/mol. The van der Waals surface area contributed by atoms with E-state index >= 15 is 0 Å². The molecule has 90 valence electrons. The molecule has 1 aromatic heterocycles. The third-order valence-electron chi connectivity index (χ3n) is 4.49. The quantitative estimate of drug-likeness (QED) is 0.785. The van der Waals surface area contributed by atoms with Gasteiger partial charge in [0.1, 0.15) is 12.2 Å². The summed E-state index contributed by atoms with van der Waals surface area (Å²) in [5.74, 6) is 2.35. The highest BCUT2D eigenvalue weighted by atomic mass is 15.3. The Labute approximate surface area is 98.3 Å². The molecule has 16 heavy (non-hydrogen) atoms. The Hall–Kier alpha value is -0.860. The van der Waals surface area contributed by atoms with E-state index in [0.717, 1.165) is 6.54 Å². The molecule has 0 saturated heterocycles. The van der Waals surface area contributed by atoms with Crippen molar-refractivity contribution in [3.05, 3.63) is 12.2 Å². The minimum atomic E-state index is 0.342. The molecular formula is C13H23N3. The average molecular weight is 221 g/mol. The van der Waals surface area contributed by atoms with Crippen molar-refractivity contribution in [2.75, 3.05) is 0 Å². The van der Waals surface area contributed by atoms with Crippen molar-refractivity contribution in [1.29, 1.82) is 0 Å². The zero-order valence-electron chi connectivity index (χ0n) is 11.3. The van der Waals surface area contributed by atoms with Crippen molar-refractivity contribution in [3.8, 4) is 0 Å². The van der Waals surface area contributed by atoms with Gasteiger partial charge in [-0.25, -0.2) is 0 Å². The standard InChI is InChI=1S/C13H23N3/c1-9(2)7-16-8-14-15-11(16)10-12(3,4)13(10,5)6/h8-10H,7H2,1-6H3. The lowest BCUT2D eigenvalue weighted by atomic mass is 10.0. The Kier molecular flexibility index (Phi) is 2.41. The van der Waals surface area contributed by atoms with Gasteiger partial charge < -0.3 is 4.57 Å². The zero-order chi connectivity index (χ0) is 12.1. The first-order valence-electron chi connectivity index (χ1n) is 6.16. The molecule has 1 aromatic rings. The highest BCUT2D eigenvalue weighted by Gasteiger charge is 2.67. The number of hydrogen-bond acceptors (Lipinski definition) is 2. The van der Waals surface area contributed by atoms with Gasteiger partial charge in [0, 0.05) is 12.5 Å². The molecule has 2 rings (SSSR count). The lowest BCUT2D eigenvalue weighted by molar-refractivity contribution is 0.457. The van der Waals surface area contributed by atoms with Crippen LogP contribution in [0.3, 0.4) is 0 Å². The summed E-state index contributed by atoms with van der Waals surface area (Å²) in [6.45, 7) is 14.8. The summed E-state index contributed by atoms with van der Waals surface area (Å²) < 4.78 is 2.23. The van der Waals surface area contributed by atoms with Crippen molar-refractivity contribution in [2.24, 2.45) is 16.7 Å². The molecule has 0 unspecified atom stereocenters. The monoisotopic (exact) mass is 221 g/mol. The van der Waals surface area contributed by atoms with Crippen LogP contribution in [0.4, 0.5) is 0 Å². The van der Waals surface area contributed by atoms with E-state index in [2.05, 4.69) is 56.3 Å². The Morgan fingerprint density at radius 3 is 2.25 bits per heavy atom. The van der Waals surface area contributed by atoms with Crippen LogP contribution < -0.4 is 0 Å². The Morgan fingerprint density at radius 1 is 1.25 bits per heavy atom. The molecule has 0 amide bonds. The van der Waals surface area contributed by atoms with Gasteiger partial charge in [-0.05, 0) is 16.7 Å². The number of hydrogen-bond donors (Lipinski definition) is 0. The van der Waals surface area contributed by atoms with Crippen molar-refractivity contribution >= 4 is 0 Å². The van der Waals surface area contributed by atoms with Crippen LogP contribution in [-0.2, 0) is 6.54 Å². The van der Waals surface area contributed by atoms with Gasteiger partial charge in [-0.1, -0.05) is 41.5 Å². The molecule has 1 heterocycles. The number of nitrogens with zero attached hydrogens (tertiary/aromatic N) is 3. The molecule has 0 atom stereocenters. The number of aromatic nitrogens is 3. The maximum Gasteiger partial charge on any atom is 0.137 e. The van der Waals surface area contributed by atoms with Gasteiger partial charge in [-0.3, -0.25) is 0 Å². The van der Waals surface area contributed by atoms with E-state index < -0.39 is 0 Å². The first-order chi connectivity index (χ1) is 7.28. The Balaban J connectivity index is 2.27. The van der Waals surface area contributed by atoms with E-state index in [1.165, 1.54) is 5.82 Å². The molecule has 0 spiro atoms. The summed E-state index contributed by atoms with van der Waals surface area (Å²) in [5.41, 5.74) is 0.684. The zero-order valence-corrected chi connectivity index (χ0v) is 11.3.